The van der Waals surface area contributed by atoms with Crippen LogP contribution >= 0.6 is 0 Å². The van der Waals surface area contributed by atoms with Crippen LogP contribution in [0.1, 0.15) is 48.9 Å². The molecule has 3 aromatic rings. The van der Waals surface area contributed by atoms with Crippen molar-refractivity contribution in [1.82, 2.24) is 0 Å². The van der Waals surface area contributed by atoms with Gasteiger partial charge in [-0.2, -0.15) is 0 Å². The lowest BCUT2D eigenvalue weighted by atomic mass is 9.77. The highest BCUT2D eigenvalue weighted by molar-refractivity contribution is 5.53. The van der Waals surface area contributed by atoms with Gasteiger partial charge in [0, 0.05) is 16.7 Å². The van der Waals surface area contributed by atoms with Gasteiger partial charge in [-0.05, 0) is 35.2 Å². The molecule has 1 unspecified atom stereocenters. The molecule has 3 rings (SSSR count). The van der Waals surface area contributed by atoms with E-state index in [2.05, 4.69) is 68.7 Å². The predicted octanol–water partition coefficient (Wildman–Crippen LogP) is 6.27. The Morgan fingerprint density at radius 3 is 1.70 bits per heavy atom. The van der Waals surface area contributed by atoms with Crippen molar-refractivity contribution in [2.24, 2.45) is 5.41 Å². The normalized spacial score (nSPS) is 11.5. The van der Waals surface area contributed by atoms with E-state index < -0.39 is 0 Å². The minimum atomic E-state index is 0.0546. The third-order valence-electron chi connectivity index (χ3n) is 4.39. The van der Waals surface area contributed by atoms with E-state index in [1.165, 1.54) is 5.56 Å². The van der Waals surface area contributed by atoms with Crippen LogP contribution in [0.3, 0.4) is 0 Å². The van der Waals surface area contributed by atoms with Crippen molar-refractivity contribution in [1.29, 1.82) is 0 Å². The minimum Gasteiger partial charge on any atom is -0.0891 e. The first kappa shape index (κ1) is 18.6. The summed E-state index contributed by atoms with van der Waals surface area (Å²) in [6.07, 6.45) is 0. The molecule has 0 N–H and O–H groups in total. The molecule has 0 spiro atoms. The number of rotatable bonds is 1. The highest BCUT2D eigenvalue weighted by Gasteiger charge is 2.24. The first-order valence-corrected chi connectivity index (χ1v) is 9.26. The summed E-state index contributed by atoms with van der Waals surface area (Å²) >= 11 is 0. The van der Waals surface area contributed by atoms with E-state index in [9.17, 15) is 0 Å². The maximum absolute atomic E-state index is 3.51. The van der Waals surface area contributed by atoms with Crippen LogP contribution in [-0.2, 0) is 0 Å². The Balaban J connectivity index is 1.96. The predicted molar refractivity (Wildman–Crippen MR) is 114 cm³/mol. The van der Waals surface area contributed by atoms with Gasteiger partial charge in [0.15, 0.2) is 0 Å². The van der Waals surface area contributed by atoms with Crippen LogP contribution in [0.15, 0.2) is 84.9 Å². The Kier molecular flexibility index (Phi) is 5.80. The second kappa shape index (κ2) is 8.44. The van der Waals surface area contributed by atoms with Gasteiger partial charge in [-0.25, -0.2) is 0 Å². The Labute approximate surface area is 163 Å². The molecule has 0 amide bonds. The van der Waals surface area contributed by atoms with E-state index >= 15 is 0 Å². The Morgan fingerprint density at radius 1 is 0.593 bits per heavy atom. The molecule has 0 aromatic heterocycles. The first-order valence-electron chi connectivity index (χ1n) is 9.26. The fraction of sp³-hybridized carbons (Fsp3) is 0.185. The zero-order valence-electron chi connectivity index (χ0n) is 16.2. The van der Waals surface area contributed by atoms with Crippen LogP contribution in [0.4, 0.5) is 0 Å². The van der Waals surface area contributed by atoms with Crippen molar-refractivity contribution in [3.8, 4) is 23.7 Å². The van der Waals surface area contributed by atoms with Gasteiger partial charge in [0.1, 0.15) is 0 Å². The van der Waals surface area contributed by atoms with Crippen molar-refractivity contribution in [2.75, 3.05) is 0 Å². The van der Waals surface area contributed by atoms with Crippen molar-refractivity contribution in [3.63, 3.8) is 0 Å². The molecule has 0 aliphatic rings. The van der Waals surface area contributed by atoms with Crippen molar-refractivity contribution < 1.29 is 0 Å². The molecule has 3 aromatic carbocycles. The molecular weight excluding hydrogens is 324 g/mol. The molecule has 0 aliphatic carbocycles. The van der Waals surface area contributed by atoms with E-state index in [-0.39, 0.29) is 11.3 Å². The summed E-state index contributed by atoms with van der Waals surface area (Å²) in [5, 5.41) is 0. The molecule has 0 fully saturated rings. The fourth-order valence-electron chi connectivity index (χ4n) is 2.96. The second-order valence-electron chi connectivity index (χ2n) is 7.64. The SMILES string of the molecule is CC(C)(C)C(C#Cc1ccccc1C#Cc1ccccc1)c1ccccc1. The van der Waals surface area contributed by atoms with Gasteiger partial charge in [-0.15, -0.1) is 0 Å². The maximum Gasteiger partial charge on any atom is 0.0504 e. The molecule has 0 saturated carbocycles. The first-order chi connectivity index (χ1) is 13.0. The zero-order valence-corrected chi connectivity index (χ0v) is 16.2. The molecular formula is C27H24. The van der Waals surface area contributed by atoms with E-state index in [1.807, 2.05) is 60.7 Å². The minimum absolute atomic E-state index is 0.0546. The highest BCUT2D eigenvalue weighted by Crippen LogP contribution is 2.34. The monoisotopic (exact) mass is 348 g/mol. The number of hydrogen-bond acceptors (Lipinski definition) is 0. The summed E-state index contributed by atoms with van der Waals surface area (Å²) in [5.74, 6) is 13.6. The van der Waals surface area contributed by atoms with Crippen molar-refractivity contribution in [3.05, 3.63) is 107 Å². The topological polar surface area (TPSA) is 0 Å². The molecule has 0 heterocycles. The molecule has 0 heteroatoms. The average Bonchev–Trinajstić information content (AvgIpc) is 2.68. The summed E-state index contributed by atoms with van der Waals surface area (Å²) in [6.45, 7) is 6.71. The number of hydrogen-bond donors (Lipinski definition) is 0. The summed E-state index contributed by atoms with van der Waals surface area (Å²) in [7, 11) is 0. The van der Waals surface area contributed by atoms with Crippen molar-refractivity contribution >= 4 is 0 Å². The van der Waals surface area contributed by atoms with Crippen LogP contribution in [0.2, 0.25) is 0 Å². The van der Waals surface area contributed by atoms with E-state index in [4.69, 9.17) is 0 Å². The quantitative estimate of drug-likeness (QED) is 0.455. The Bertz CT molecular complexity index is 998. The summed E-state index contributed by atoms with van der Waals surface area (Å²) in [4.78, 5) is 0. The van der Waals surface area contributed by atoms with Gasteiger partial charge < -0.3 is 0 Å². The Morgan fingerprint density at radius 2 is 1.11 bits per heavy atom. The van der Waals surface area contributed by atoms with Crippen LogP contribution < -0.4 is 0 Å². The van der Waals surface area contributed by atoms with Crippen molar-refractivity contribution in [2.45, 2.75) is 26.7 Å². The van der Waals surface area contributed by atoms with Gasteiger partial charge in [0.25, 0.3) is 0 Å². The van der Waals surface area contributed by atoms with E-state index in [0.717, 1.165) is 16.7 Å². The van der Waals surface area contributed by atoms with Crippen LogP contribution in [-0.4, -0.2) is 0 Å². The number of benzene rings is 3. The summed E-state index contributed by atoms with van der Waals surface area (Å²) in [5.41, 5.74) is 4.27. The average molecular weight is 348 g/mol. The van der Waals surface area contributed by atoms with Gasteiger partial charge in [-0.3, -0.25) is 0 Å². The zero-order chi connectivity index (χ0) is 19.1. The second-order valence-corrected chi connectivity index (χ2v) is 7.64. The third kappa shape index (κ3) is 5.13. The molecule has 132 valence electrons. The summed E-state index contributed by atoms with van der Waals surface area (Å²) in [6, 6.07) is 28.7. The molecule has 0 radical (unpaired) electrons. The lowest BCUT2D eigenvalue weighted by Gasteiger charge is -2.26. The fourth-order valence-corrected chi connectivity index (χ4v) is 2.96. The van der Waals surface area contributed by atoms with Gasteiger partial charge in [0.2, 0.25) is 0 Å². The standard InChI is InChI=1S/C27H24/c1-27(2,3)26(25-16-8-5-9-17-25)21-20-24-15-11-10-14-23(24)19-18-22-12-6-4-7-13-22/h4-17,26H,1-3H3. The van der Waals surface area contributed by atoms with Gasteiger partial charge >= 0.3 is 0 Å². The maximum atomic E-state index is 3.51. The van der Waals surface area contributed by atoms with Gasteiger partial charge in [-0.1, -0.05) is 105 Å². The molecule has 0 nitrogen and oxygen atoms in total. The van der Waals surface area contributed by atoms with E-state index in [1.54, 1.807) is 0 Å². The third-order valence-corrected chi connectivity index (χ3v) is 4.39. The lowest BCUT2D eigenvalue weighted by Crippen LogP contribution is -2.16. The molecule has 0 saturated heterocycles. The lowest BCUT2D eigenvalue weighted by molar-refractivity contribution is 0.375. The van der Waals surface area contributed by atoms with Crippen LogP contribution in [0.5, 0.6) is 0 Å². The van der Waals surface area contributed by atoms with E-state index in [0.29, 0.717) is 0 Å². The largest absolute Gasteiger partial charge is 0.0891 e. The molecule has 0 aliphatic heterocycles. The smallest absolute Gasteiger partial charge is 0.0504 e. The van der Waals surface area contributed by atoms with Gasteiger partial charge in [0.05, 0.1) is 5.92 Å². The summed E-state index contributed by atoms with van der Waals surface area (Å²) < 4.78 is 0. The van der Waals surface area contributed by atoms with Crippen LogP contribution in [0.25, 0.3) is 0 Å². The highest BCUT2D eigenvalue weighted by atomic mass is 14.3. The molecule has 0 bridgehead atoms. The Hall–Kier alpha value is -3.22. The van der Waals surface area contributed by atoms with Crippen LogP contribution in [0, 0.1) is 29.1 Å². The molecule has 1 atom stereocenters. The molecule has 27 heavy (non-hydrogen) atoms.